The molecule has 1 atom stereocenters. The van der Waals surface area contributed by atoms with Gasteiger partial charge in [0, 0.05) is 18.1 Å². The van der Waals surface area contributed by atoms with Crippen LogP contribution in [0.4, 0.5) is 0 Å². The Hall–Kier alpha value is -0.0800. The van der Waals surface area contributed by atoms with Crippen molar-refractivity contribution in [2.75, 3.05) is 20.6 Å². The van der Waals surface area contributed by atoms with Crippen LogP contribution in [0.1, 0.15) is 65.2 Å². The SMILES string of the molecule is CN(C)C1(CNC2CCC(C)(C)C2)CCCCC1. The zero-order valence-electron chi connectivity index (χ0n) is 12.9. The molecule has 0 amide bonds. The van der Waals surface area contributed by atoms with Gasteiger partial charge >= 0.3 is 0 Å². The van der Waals surface area contributed by atoms with E-state index in [0.717, 1.165) is 6.04 Å². The Kier molecular flexibility index (Phi) is 4.38. The summed E-state index contributed by atoms with van der Waals surface area (Å²) in [5, 5.41) is 3.89. The first-order valence-corrected chi connectivity index (χ1v) is 7.84. The molecule has 0 aromatic heterocycles. The van der Waals surface area contributed by atoms with Crippen LogP contribution < -0.4 is 5.32 Å². The number of nitrogens with one attached hydrogen (secondary N) is 1. The van der Waals surface area contributed by atoms with E-state index >= 15 is 0 Å². The third-order valence-corrected chi connectivity index (χ3v) is 5.42. The van der Waals surface area contributed by atoms with E-state index in [4.69, 9.17) is 0 Å². The molecule has 2 nitrogen and oxygen atoms in total. The van der Waals surface area contributed by atoms with E-state index in [-0.39, 0.29) is 0 Å². The van der Waals surface area contributed by atoms with Crippen LogP contribution in [-0.2, 0) is 0 Å². The van der Waals surface area contributed by atoms with Crippen molar-refractivity contribution in [3.63, 3.8) is 0 Å². The zero-order chi connectivity index (χ0) is 13.2. The van der Waals surface area contributed by atoms with E-state index in [1.54, 1.807) is 0 Å². The van der Waals surface area contributed by atoms with E-state index in [1.807, 2.05) is 0 Å². The molecular weight excluding hydrogens is 220 g/mol. The second-order valence-corrected chi connectivity index (χ2v) is 7.66. The van der Waals surface area contributed by atoms with Gasteiger partial charge in [-0.05, 0) is 51.6 Å². The zero-order valence-corrected chi connectivity index (χ0v) is 12.9. The average Bonchev–Trinajstić information content (AvgIpc) is 2.67. The van der Waals surface area contributed by atoms with Crippen molar-refractivity contribution in [3.8, 4) is 0 Å². The number of likely N-dealkylation sites (N-methyl/N-ethyl adjacent to an activating group) is 1. The minimum atomic E-state index is 0.435. The van der Waals surface area contributed by atoms with Gasteiger partial charge in [0.1, 0.15) is 0 Å². The number of hydrogen-bond acceptors (Lipinski definition) is 2. The van der Waals surface area contributed by atoms with Gasteiger partial charge in [0.15, 0.2) is 0 Å². The summed E-state index contributed by atoms with van der Waals surface area (Å²) in [6.45, 7) is 6.02. The standard InChI is InChI=1S/C16H32N2/c1-15(2)11-8-14(12-15)17-13-16(18(3)4)9-6-5-7-10-16/h14,17H,5-13H2,1-4H3. The van der Waals surface area contributed by atoms with Crippen molar-refractivity contribution >= 4 is 0 Å². The minimum absolute atomic E-state index is 0.435. The van der Waals surface area contributed by atoms with Gasteiger partial charge in [-0.2, -0.15) is 0 Å². The summed E-state index contributed by atoms with van der Waals surface area (Å²) in [7, 11) is 4.54. The quantitative estimate of drug-likeness (QED) is 0.825. The topological polar surface area (TPSA) is 15.3 Å². The van der Waals surface area contributed by atoms with Crippen molar-refractivity contribution in [3.05, 3.63) is 0 Å². The molecule has 0 heterocycles. The maximum absolute atomic E-state index is 3.89. The first-order chi connectivity index (χ1) is 8.44. The van der Waals surface area contributed by atoms with E-state index in [2.05, 4.69) is 38.2 Å². The van der Waals surface area contributed by atoms with E-state index in [9.17, 15) is 0 Å². The summed E-state index contributed by atoms with van der Waals surface area (Å²) in [5.74, 6) is 0. The Labute approximate surface area is 114 Å². The molecule has 2 rings (SSSR count). The van der Waals surface area contributed by atoms with Gasteiger partial charge in [-0.25, -0.2) is 0 Å². The van der Waals surface area contributed by atoms with E-state index in [0.29, 0.717) is 11.0 Å². The Morgan fingerprint density at radius 2 is 1.72 bits per heavy atom. The van der Waals surface area contributed by atoms with Gasteiger partial charge in [-0.1, -0.05) is 33.1 Å². The van der Waals surface area contributed by atoms with Crippen molar-refractivity contribution in [2.24, 2.45) is 5.41 Å². The van der Waals surface area contributed by atoms with Gasteiger partial charge in [-0.15, -0.1) is 0 Å². The summed E-state index contributed by atoms with van der Waals surface area (Å²) >= 11 is 0. The minimum Gasteiger partial charge on any atom is -0.312 e. The van der Waals surface area contributed by atoms with Gasteiger partial charge in [0.2, 0.25) is 0 Å². The highest BCUT2D eigenvalue weighted by atomic mass is 15.2. The van der Waals surface area contributed by atoms with Gasteiger partial charge in [-0.3, -0.25) is 0 Å². The maximum atomic E-state index is 3.89. The van der Waals surface area contributed by atoms with Gasteiger partial charge in [0.25, 0.3) is 0 Å². The van der Waals surface area contributed by atoms with Gasteiger partial charge < -0.3 is 10.2 Å². The number of rotatable bonds is 4. The molecule has 2 aliphatic carbocycles. The summed E-state index contributed by atoms with van der Waals surface area (Å²) in [6, 6.07) is 0.763. The molecule has 0 spiro atoms. The summed E-state index contributed by atoms with van der Waals surface area (Å²) < 4.78 is 0. The normalized spacial score (nSPS) is 30.8. The Bertz CT molecular complexity index is 264. The maximum Gasteiger partial charge on any atom is 0.0327 e. The second-order valence-electron chi connectivity index (χ2n) is 7.66. The number of hydrogen-bond donors (Lipinski definition) is 1. The fourth-order valence-electron chi connectivity index (χ4n) is 3.94. The van der Waals surface area contributed by atoms with Crippen LogP contribution in [0.3, 0.4) is 0 Å². The van der Waals surface area contributed by atoms with Crippen LogP contribution in [0, 0.1) is 5.41 Å². The molecule has 0 aromatic rings. The molecule has 0 aliphatic heterocycles. The molecule has 1 unspecified atom stereocenters. The predicted molar refractivity (Wildman–Crippen MR) is 78.9 cm³/mol. The third kappa shape index (κ3) is 3.27. The van der Waals surface area contributed by atoms with Gasteiger partial charge in [0.05, 0.1) is 0 Å². The van der Waals surface area contributed by atoms with Crippen LogP contribution in [0.2, 0.25) is 0 Å². The first kappa shape index (κ1) is 14.3. The highest BCUT2D eigenvalue weighted by molar-refractivity contribution is 4.95. The molecule has 2 saturated carbocycles. The molecule has 2 heteroatoms. The number of nitrogens with zero attached hydrogens (tertiary/aromatic N) is 1. The Morgan fingerprint density at radius 3 is 2.22 bits per heavy atom. The monoisotopic (exact) mass is 252 g/mol. The molecule has 1 N–H and O–H groups in total. The largest absolute Gasteiger partial charge is 0.312 e. The van der Waals surface area contributed by atoms with Crippen molar-refractivity contribution in [2.45, 2.75) is 76.8 Å². The first-order valence-electron chi connectivity index (χ1n) is 7.84. The fraction of sp³-hybridized carbons (Fsp3) is 1.00. The molecular formula is C16H32N2. The Morgan fingerprint density at radius 1 is 1.06 bits per heavy atom. The van der Waals surface area contributed by atoms with Crippen LogP contribution in [0.25, 0.3) is 0 Å². The summed E-state index contributed by atoms with van der Waals surface area (Å²) in [5.41, 5.74) is 1.00. The molecule has 2 fully saturated rings. The fourth-order valence-corrected chi connectivity index (χ4v) is 3.94. The van der Waals surface area contributed by atoms with Crippen molar-refractivity contribution < 1.29 is 0 Å². The smallest absolute Gasteiger partial charge is 0.0327 e. The van der Waals surface area contributed by atoms with Crippen LogP contribution in [0.15, 0.2) is 0 Å². The molecule has 2 aliphatic rings. The van der Waals surface area contributed by atoms with Crippen molar-refractivity contribution in [1.82, 2.24) is 10.2 Å². The Balaban J connectivity index is 1.87. The van der Waals surface area contributed by atoms with Crippen LogP contribution >= 0.6 is 0 Å². The summed E-state index contributed by atoms with van der Waals surface area (Å²) in [4.78, 5) is 2.49. The summed E-state index contributed by atoms with van der Waals surface area (Å²) in [6.07, 6.45) is 11.1. The lowest BCUT2D eigenvalue weighted by molar-refractivity contribution is 0.0949. The van der Waals surface area contributed by atoms with E-state index in [1.165, 1.54) is 57.9 Å². The third-order valence-electron chi connectivity index (χ3n) is 5.42. The lowest BCUT2D eigenvalue weighted by Crippen LogP contribution is -2.54. The molecule has 106 valence electrons. The lowest BCUT2D eigenvalue weighted by atomic mass is 9.80. The highest BCUT2D eigenvalue weighted by Crippen LogP contribution is 2.38. The molecule has 0 saturated heterocycles. The van der Waals surface area contributed by atoms with Crippen LogP contribution in [0.5, 0.6) is 0 Å². The average molecular weight is 252 g/mol. The highest BCUT2D eigenvalue weighted by Gasteiger charge is 2.36. The molecule has 0 radical (unpaired) electrons. The molecule has 0 bridgehead atoms. The second kappa shape index (κ2) is 5.50. The predicted octanol–water partition coefficient (Wildman–Crippen LogP) is 3.42. The van der Waals surface area contributed by atoms with Crippen molar-refractivity contribution in [1.29, 1.82) is 0 Å². The van der Waals surface area contributed by atoms with E-state index < -0.39 is 0 Å². The van der Waals surface area contributed by atoms with Crippen LogP contribution in [-0.4, -0.2) is 37.1 Å². The molecule has 0 aromatic carbocycles. The lowest BCUT2D eigenvalue weighted by Gasteiger charge is -2.44. The molecule has 18 heavy (non-hydrogen) atoms.